The molecule has 2 aromatic rings. The third-order valence-electron chi connectivity index (χ3n) is 3.17. The highest BCUT2D eigenvalue weighted by Crippen LogP contribution is 2.19. The van der Waals surface area contributed by atoms with Crippen molar-refractivity contribution < 1.29 is 22.7 Å². The van der Waals surface area contributed by atoms with Crippen molar-refractivity contribution in [3.8, 4) is 6.07 Å². The molecule has 0 atom stereocenters. The van der Waals surface area contributed by atoms with Crippen molar-refractivity contribution >= 4 is 5.97 Å². The first-order chi connectivity index (χ1) is 11.8. The Morgan fingerprint density at radius 2 is 2.04 bits per heavy atom. The molecule has 1 aromatic carbocycles. The van der Waals surface area contributed by atoms with Gasteiger partial charge < -0.3 is 4.74 Å². The summed E-state index contributed by atoms with van der Waals surface area (Å²) in [7, 11) is 1.17. The SMILES string of the molecule is COC(=O)c1cn(CN(Cc2ccc(C#N)cc2)CC(F)(F)F)nn1. The van der Waals surface area contributed by atoms with E-state index in [1.807, 2.05) is 6.07 Å². The first kappa shape index (κ1) is 18.4. The van der Waals surface area contributed by atoms with Crippen molar-refractivity contribution in [2.24, 2.45) is 0 Å². The smallest absolute Gasteiger partial charge is 0.401 e. The van der Waals surface area contributed by atoms with Crippen molar-refractivity contribution in [2.45, 2.75) is 19.4 Å². The summed E-state index contributed by atoms with van der Waals surface area (Å²) in [5, 5.41) is 16.0. The van der Waals surface area contributed by atoms with Gasteiger partial charge in [0.25, 0.3) is 0 Å². The van der Waals surface area contributed by atoms with Crippen LogP contribution < -0.4 is 0 Å². The van der Waals surface area contributed by atoms with Crippen LogP contribution in [0.1, 0.15) is 21.6 Å². The summed E-state index contributed by atoms with van der Waals surface area (Å²) < 4.78 is 44.0. The molecule has 0 amide bonds. The van der Waals surface area contributed by atoms with Crippen LogP contribution >= 0.6 is 0 Å². The van der Waals surface area contributed by atoms with Crippen LogP contribution in [-0.2, 0) is 18.0 Å². The average molecular weight is 353 g/mol. The Morgan fingerprint density at radius 3 is 2.60 bits per heavy atom. The Balaban J connectivity index is 2.13. The molecular weight excluding hydrogens is 339 g/mol. The van der Waals surface area contributed by atoms with Gasteiger partial charge in [-0.1, -0.05) is 17.3 Å². The third kappa shape index (κ3) is 5.58. The number of esters is 1. The van der Waals surface area contributed by atoms with E-state index < -0.39 is 18.7 Å². The Kier molecular flexibility index (Phi) is 5.71. The van der Waals surface area contributed by atoms with E-state index in [2.05, 4.69) is 15.0 Å². The van der Waals surface area contributed by atoms with Crippen molar-refractivity contribution in [3.63, 3.8) is 0 Å². The summed E-state index contributed by atoms with van der Waals surface area (Å²) in [6, 6.07) is 8.18. The second-order valence-electron chi connectivity index (χ2n) is 5.19. The fourth-order valence-corrected chi connectivity index (χ4v) is 2.12. The number of halogens is 3. The quantitative estimate of drug-likeness (QED) is 0.738. The number of hydrogen-bond acceptors (Lipinski definition) is 6. The Morgan fingerprint density at radius 1 is 1.36 bits per heavy atom. The topological polar surface area (TPSA) is 84.0 Å². The first-order valence-electron chi connectivity index (χ1n) is 7.07. The molecular formula is C15H14F3N5O2. The molecule has 0 saturated heterocycles. The molecule has 0 saturated carbocycles. The van der Waals surface area contributed by atoms with Crippen LogP contribution in [0.5, 0.6) is 0 Å². The van der Waals surface area contributed by atoms with E-state index in [0.29, 0.717) is 11.1 Å². The van der Waals surface area contributed by atoms with E-state index >= 15 is 0 Å². The minimum Gasteiger partial charge on any atom is -0.464 e. The van der Waals surface area contributed by atoms with Gasteiger partial charge in [0.1, 0.15) is 0 Å². The number of aromatic nitrogens is 3. The lowest BCUT2D eigenvalue weighted by atomic mass is 10.1. The number of nitriles is 1. The zero-order valence-electron chi connectivity index (χ0n) is 13.2. The molecule has 0 spiro atoms. The predicted octanol–water partition coefficient (Wildman–Crippen LogP) is 1.96. The summed E-state index contributed by atoms with van der Waals surface area (Å²) in [4.78, 5) is 12.4. The number of carbonyl (C=O) groups is 1. The molecule has 0 radical (unpaired) electrons. The zero-order valence-corrected chi connectivity index (χ0v) is 13.2. The standard InChI is InChI=1S/C15H14F3N5O2/c1-25-14(24)13-8-23(21-20-13)10-22(9-15(16,17)18)7-12-4-2-11(6-19)3-5-12/h2-5,8H,7,9-10H2,1H3. The van der Waals surface area contributed by atoms with Crippen LogP contribution in [0.2, 0.25) is 0 Å². The number of ether oxygens (including phenoxy) is 1. The number of rotatable bonds is 6. The van der Waals surface area contributed by atoms with Gasteiger partial charge >= 0.3 is 12.1 Å². The molecule has 132 valence electrons. The van der Waals surface area contributed by atoms with Crippen molar-refractivity contribution in [2.75, 3.05) is 13.7 Å². The van der Waals surface area contributed by atoms with Crippen LogP contribution in [0.25, 0.3) is 0 Å². The number of methoxy groups -OCH3 is 1. The third-order valence-corrected chi connectivity index (χ3v) is 3.17. The van der Waals surface area contributed by atoms with Gasteiger partial charge in [0.05, 0.1) is 38.2 Å². The second kappa shape index (κ2) is 7.76. The maximum atomic E-state index is 12.8. The predicted molar refractivity (Wildman–Crippen MR) is 79.0 cm³/mol. The summed E-state index contributed by atoms with van der Waals surface area (Å²) in [5.74, 6) is -0.722. The van der Waals surface area contributed by atoms with Crippen molar-refractivity contribution in [1.29, 1.82) is 5.26 Å². The Labute approximate surface area is 141 Å². The zero-order chi connectivity index (χ0) is 18.4. The molecule has 1 aromatic heterocycles. The minimum absolute atomic E-state index is 0.0152. The molecule has 2 rings (SSSR count). The van der Waals surface area contributed by atoms with Gasteiger partial charge in [0.2, 0.25) is 0 Å². The lowest BCUT2D eigenvalue weighted by Gasteiger charge is -2.23. The maximum Gasteiger partial charge on any atom is 0.401 e. The van der Waals surface area contributed by atoms with E-state index in [1.54, 1.807) is 12.1 Å². The number of alkyl halides is 3. The van der Waals surface area contributed by atoms with E-state index in [0.717, 1.165) is 9.58 Å². The van der Waals surface area contributed by atoms with E-state index in [-0.39, 0.29) is 18.9 Å². The molecule has 10 heteroatoms. The summed E-state index contributed by atoms with van der Waals surface area (Å²) in [6.45, 7) is -1.40. The fraction of sp³-hybridized carbons (Fsp3) is 0.333. The summed E-state index contributed by atoms with van der Waals surface area (Å²) >= 11 is 0. The lowest BCUT2D eigenvalue weighted by molar-refractivity contribution is -0.151. The normalized spacial score (nSPS) is 11.4. The molecule has 25 heavy (non-hydrogen) atoms. The van der Waals surface area contributed by atoms with Crippen LogP contribution in [0.15, 0.2) is 30.5 Å². The lowest BCUT2D eigenvalue weighted by Crippen LogP contribution is -2.35. The molecule has 0 fully saturated rings. The van der Waals surface area contributed by atoms with Crippen LogP contribution in [0, 0.1) is 11.3 Å². The molecule has 0 aliphatic rings. The molecule has 0 N–H and O–H groups in total. The van der Waals surface area contributed by atoms with Gasteiger partial charge in [0.15, 0.2) is 5.69 Å². The monoisotopic (exact) mass is 353 g/mol. The minimum atomic E-state index is -4.40. The van der Waals surface area contributed by atoms with E-state index in [1.165, 1.54) is 25.4 Å². The van der Waals surface area contributed by atoms with Crippen LogP contribution in [0.3, 0.4) is 0 Å². The van der Waals surface area contributed by atoms with Gasteiger partial charge in [-0.05, 0) is 17.7 Å². The van der Waals surface area contributed by atoms with Crippen LogP contribution in [-0.4, -0.2) is 45.7 Å². The molecule has 0 aliphatic carbocycles. The largest absolute Gasteiger partial charge is 0.464 e. The van der Waals surface area contributed by atoms with Crippen molar-refractivity contribution in [3.05, 3.63) is 47.3 Å². The van der Waals surface area contributed by atoms with Gasteiger partial charge in [-0.3, -0.25) is 4.90 Å². The second-order valence-corrected chi connectivity index (χ2v) is 5.19. The molecule has 0 aliphatic heterocycles. The average Bonchev–Trinajstić information content (AvgIpc) is 3.01. The highest BCUT2D eigenvalue weighted by molar-refractivity contribution is 5.86. The van der Waals surface area contributed by atoms with Gasteiger partial charge in [-0.2, -0.15) is 18.4 Å². The van der Waals surface area contributed by atoms with Crippen molar-refractivity contribution in [1.82, 2.24) is 19.9 Å². The van der Waals surface area contributed by atoms with Gasteiger partial charge in [0, 0.05) is 6.54 Å². The van der Waals surface area contributed by atoms with E-state index in [4.69, 9.17) is 5.26 Å². The maximum absolute atomic E-state index is 12.8. The first-order valence-corrected chi connectivity index (χ1v) is 7.07. The van der Waals surface area contributed by atoms with E-state index in [9.17, 15) is 18.0 Å². The van der Waals surface area contributed by atoms with Crippen LogP contribution in [0.4, 0.5) is 13.2 Å². The molecule has 0 bridgehead atoms. The fourth-order valence-electron chi connectivity index (χ4n) is 2.12. The number of nitrogens with zero attached hydrogens (tertiary/aromatic N) is 5. The van der Waals surface area contributed by atoms with Gasteiger partial charge in [-0.25, -0.2) is 9.48 Å². The Hall–Kier alpha value is -2.93. The number of hydrogen-bond donors (Lipinski definition) is 0. The highest BCUT2D eigenvalue weighted by atomic mass is 19.4. The summed E-state index contributed by atoms with van der Waals surface area (Å²) in [5.41, 5.74) is 0.939. The molecule has 0 unspecified atom stereocenters. The van der Waals surface area contributed by atoms with Gasteiger partial charge in [-0.15, -0.1) is 5.10 Å². The molecule has 7 nitrogen and oxygen atoms in total. The number of benzene rings is 1. The molecule has 1 heterocycles. The summed E-state index contributed by atoms with van der Waals surface area (Å²) in [6.07, 6.45) is -3.19. The number of carbonyl (C=O) groups excluding carboxylic acids is 1. The highest BCUT2D eigenvalue weighted by Gasteiger charge is 2.31. The Bertz CT molecular complexity index is 765.